The molecule has 0 aromatic carbocycles. The van der Waals surface area contributed by atoms with Crippen molar-refractivity contribution in [3.8, 4) is 0 Å². The van der Waals surface area contributed by atoms with Gasteiger partial charge in [0.25, 0.3) is 0 Å². The minimum atomic E-state index is 0.0526. The molecule has 0 saturated heterocycles. The van der Waals surface area contributed by atoms with Gasteiger partial charge in [0.05, 0.1) is 6.20 Å². The normalized spacial score (nSPS) is 20.2. The Hall–Kier alpha value is -0.830. The quantitative estimate of drug-likeness (QED) is 0.699. The van der Waals surface area contributed by atoms with E-state index < -0.39 is 0 Å². The molecule has 1 fully saturated rings. The Morgan fingerprint density at radius 3 is 3.00 bits per heavy atom. The van der Waals surface area contributed by atoms with Gasteiger partial charge in [0.1, 0.15) is 5.76 Å². The van der Waals surface area contributed by atoms with Gasteiger partial charge in [0.15, 0.2) is 0 Å². The van der Waals surface area contributed by atoms with Crippen molar-refractivity contribution in [2.24, 2.45) is 5.73 Å². The van der Waals surface area contributed by atoms with Crippen LogP contribution in [-0.2, 0) is 0 Å². The van der Waals surface area contributed by atoms with Crippen LogP contribution in [0.15, 0.2) is 10.7 Å². The first kappa shape index (κ1) is 6.85. The average Bonchev–Trinajstić information content (AvgIpc) is 2.68. The third-order valence-corrected chi connectivity index (χ3v) is 2.07. The zero-order valence-electron chi connectivity index (χ0n) is 6.58. The van der Waals surface area contributed by atoms with Gasteiger partial charge in [0.2, 0.25) is 0 Å². The van der Waals surface area contributed by atoms with E-state index in [2.05, 4.69) is 5.16 Å². The molecule has 0 amide bonds. The summed E-state index contributed by atoms with van der Waals surface area (Å²) < 4.78 is 5.12. The molecule has 1 aliphatic rings. The number of hydrogen-bond acceptors (Lipinski definition) is 3. The number of nitrogens with two attached hydrogens (primary N) is 1. The van der Waals surface area contributed by atoms with Crippen LogP contribution in [0.2, 0.25) is 0 Å². The summed E-state index contributed by atoms with van der Waals surface area (Å²) in [5.74, 6) is 1.62. The van der Waals surface area contributed by atoms with E-state index in [0.29, 0.717) is 5.92 Å². The largest absolute Gasteiger partial charge is 0.361 e. The minimum absolute atomic E-state index is 0.0526. The molecule has 2 rings (SSSR count). The molecule has 1 unspecified atom stereocenters. The molecule has 0 aliphatic heterocycles. The van der Waals surface area contributed by atoms with E-state index in [0.717, 1.165) is 11.3 Å². The van der Waals surface area contributed by atoms with Crippen molar-refractivity contribution in [2.75, 3.05) is 0 Å². The summed E-state index contributed by atoms with van der Waals surface area (Å²) in [5.41, 5.74) is 6.80. The summed E-state index contributed by atoms with van der Waals surface area (Å²) in [7, 11) is 0. The first-order chi connectivity index (χ1) is 5.29. The molecule has 3 heteroatoms. The molecule has 11 heavy (non-hydrogen) atoms. The number of rotatable bonds is 2. The highest BCUT2D eigenvalue weighted by atomic mass is 16.5. The van der Waals surface area contributed by atoms with Crippen molar-refractivity contribution in [1.82, 2.24) is 5.16 Å². The van der Waals surface area contributed by atoms with Crippen molar-refractivity contribution >= 4 is 0 Å². The Labute approximate surface area is 65.6 Å². The maximum atomic E-state index is 5.72. The molecule has 1 saturated carbocycles. The smallest absolute Gasteiger partial charge is 0.144 e. The van der Waals surface area contributed by atoms with Crippen LogP contribution in [0.5, 0.6) is 0 Å². The first-order valence-corrected chi connectivity index (χ1v) is 3.99. The second-order valence-corrected chi connectivity index (χ2v) is 3.21. The molecule has 0 bridgehead atoms. The fraction of sp³-hybridized carbons (Fsp3) is 0.625. The van der Waals surface area contributed by atoms with E-state index in [4.69, 9.17) is 10.3 Å². The maximum Gasteiger partial charge on any atom is 0.144 e. The van der Waals surface area contributed by atoms with Crippen LogP contribution in [0.4, 0.5) is 0 Å². The Bertz CT molecular complexity index is 234. The topological polar surface area (TPSA) is 52.0 Å². The van der Waals surface area contributed by atoms with Gasteiger partial charge in [-0.05, 0) is 19.8 Å². The molecular formula is C8H12N2O. The van der Waals surface area contributed by atoms with Crippen LogP contribution >= 0.6 is 0 Å². The van der Waals surface area contributed by atoms with Gasteiger partial charge in [-0.25, -0.2) is 0 Å². The van der Waals surface area contributed by atoms with Gasteiger partial charge >= 0.3 is 0 Å². The standard InChI is InChI=1S/C8H12N2O/c1-5(9)7-4-10-11-8(7)6-2-3-6/h4-6H,2-3,9H2,1H3. The second-order valence-electron chi connectivity index (χ2n) is 3.21. The lowest BCUT2D eigenvalue weighted by molar-refractivity contribution is 0.382. The van der Waals surface area contributed by atoms with E-state index in [9.17, 15) is 0 Å². The highest BCUT2D eigenvalue weighted by Gasteiger charge is 2.30. The zero-order chi connectivity index (χ0) is 7.84. The number of aromatic nitrogens is 1. The monoisotopic (exact) mass is 152 g/mol. The summed E-state index contributed by atoms with van der Waals surface area (Å²) in [6.07, 6.45) is 4.20. The molecule has 2 N–H and O–H groups in total. The van der Waals surface area contributed by atoms with Gasteiger partial charge in [-0.15, -0.1) is 0 Å². The molecular weight excluding hydrogens is 140 g/mol. The van der Waals surface area contributed by atoms with Crippen LogP contribution in [0.25, 0.3) is 0 Å². The van der Waals surface area contributed by atoms with E-state index in [-0.39, 0.29) is 6.04 Å². The van der Waals surface area contributed by atoms with Crippen LogP contribution in [0.1, 0.15) is 43.0 Å². The summed E-state index contributed by atoms with van der Waals surface area (Å²) >= 11 is 0. The van der Waals surface area contributed by atoms with Crippen molar-refractivity contribution in [3.05, 3.63) is 17.5 Å². The highest BCUT2D eigenvalue weighted by Crippen LogP contribution is 2.42. The van der Waals surface area contributed by atoms with E-state index in [1.165, 1.54) is 12.8 Å². The number of hydrogen-bond donors (Lipinski definition) is 1. The van der Waals surface area contributed by atoms with Gasteiger partial charge in [-0.2, -0.15) is 0 Å². The molecule has 1 aliphatic carbocycles. The summed E-state index contributed by atoms with van der Waals surface area (Å²) in [6, 6.07) is 0.0526. The fourth-order valence-electron chi connectivity index (χ4n) is 1.25. The van der Waals surface area contributed by atoms with Gasteiger partial charge in [0, 0.05) is 17.5 Å². The Balaban J connectivity index is 2.30. The molecule has 1 heterocycles. The molecule has 3 nitrogen and oxygen atoms in total. The van der Waals surface area contributed by atoms with E-state index in [1.807, 2.05) is 6.92 Å². The summed E-state index contributed by atoms with van der Waals surface area (Å²) in [5, 5.41) is 3.75. The Kier molecular flexibility index (Phi) is 1.46. The van der Waals surface area contributed by atoms with Crippen molar-refractivity contribution in [2.45, 2.75) is 31.7 Å². The lowest BCUT2D eigenvalue weighted by Gasteiger charge is -2.01. The van der Waals surface area contributed by atoms with Crippen LogP contribution in [-0.4, -0.2) is 5.16 Å². The molecule has 60 valence electrons. The zero-order valence-corrected chi connectivity index (χ0v) is 6.58. The van der Waals surface area contributed by atoms with E-state index >= 15 is 0 Å². The average molecular weight is 152 g/mol. The van der Waals surface area contributed by atoms with E-state index in [1.54, 1.807) is 6.20 Å². The fourth-order valence-corrected chi connectivity index (χ4v) is 1.25. The molecule has 1 aromatic rings. The van der Waals surface area contributed by atoms with Crippen LogP contribution in [0.3, 0.4) is 0 Å². The predicted molar refractivity (Wildman–Crippen MR) is 41.1 cm³/mol. The first-order valence-electron chi connectivity index (χ1n) is 3.99. The molecule has 1 atom stereocenters. The second kappa shape index (κ2) is 2.34. The van der Waals surface area contributed by atoms with Gasteiger partial charge in [-0.3, -0.25) is 0 Å². The van der Waals surface area contributed by atoms with Crippen LogP contribution in [0, 0.1) is 0 Å². The Morgan fingerprint density at radius 1 is 1.73 bits per heavy atom. The predicted octanol–water partition coefficient (Wildman–Crippen LogP) is 1.57. The number of nitrogens with zero attached hydrogens (tertiary/aromatic N) is 1. The summed E-state index contributed by atoms with van der Waals surface area (Å²) in [4.78, 5) is 0. The molecule has 0 radical (unpaired) electrons. The lowest BCUT2D eigenvalue weighted by atomic mass is 10.1. The van der Waals surface area contributed by atoms with Crippen molar-refractivity contribution < 1.29 is 4.52 Å². The van der Waals surface area contributed by atoms with Crippen LogP contribution < -0.4 is 5.73 Å². The van der Waals surface area contributed by atoms with Crippen molar-refractivity contribution in [1.29, 1.82) is 0 Å². The van der Waals surface area contributed by atoms with Crippen molar-refractivity contribution in [3.63, 3.8) is 0 Å². The lowest BCUT2D eigenvalue weighted by Crippen LogP contribution is -2.05. The molecule has 1 aromatic heterocycles. The third-order valence-electron chi connectivity index (χ3n) is 2.07. The Morgan fingerprint density at radius 2 is 2.45 bits per heavy atom. The van der Waals surface area contributed by atoms with Gasteiger partial charge < -0.3 is 10.3 Å². The summed E-state index contributed by atoms with van der Waals surface area (Å²) in [6.45, 7) is 1.96. The van der Waals surface area contributed by atoms with Gasteiger partial charge in [-0.1, -0.05) is 5.16 Å². The molecule has 0 spiro atoms. The minimum Gasteiger partial charge on any atom is -0.361 e. The SMILES string of the molecule is CC(N)c1cnoc1C1CC1. The maximum absolute atomic E-state index is 5.72. The highest BCUT2D eigenvalue weighted by molar-refractivity contribution is 5.23. The third kappa shape index (κ3) is 1.16.